The molecule has 1 fully saturated rings. The second-order valence-electron chi connectivity index (χ2n) is 10.4. The lowest BCUT2D eigenvalue weighted by Gasteiger charge is -2.28. The topological polar surface area (TPSA) is 228 Å². The van der Waals surface area contributed by atoms with Crippen LogP contribution in [0.1, 0.15) is 90.4 Å². The molecule has 14 nitrogen and oxygen atoms in total. The molecule has 0 saturated heterocycles. The molecule has 0 aromatic heterocycles. The summed E-state index contributed by atoms with van der Waals surface area (Å²) < 4.78 is 0. The molecule has 4 amide bonds. The number of unbranched alkanes of at least 4 members (excludes halogenated alkanes) is 1. The van der Waals surface area contributed by atoms with Crippen LogP contribution < -0.4 is 21.3 Å². The SMILES string of the molecule is CCCNC(=O)C(CCC(=O)O)NC(=O)CCC(NC(=O)C1CCC(CNC(=O)CCCCC(=O)O)CC1)C(=O)O. The van der Waals surface area contributed by atoms with E-state index in [1.165, 1.54) is 0 Å². The van der Waals surface area contributed by atoms with E-state index >= 15 is 0 Å². The van der Waals surface area contributed by atoms with Crippen LogP contribution in [-0.2, 0) is 33.6 Å². The molecule has 0 radical (unpaired) electrons. The molecule has 2 atom stereocenters. The average molecular weight is 585 g/mol. The van der Waals surface area contributed by atoms with Crippen molar-refractivity contribution in [2.45, 2.75) is 102 Å². The summed E-state index contributed by atoms with van der Waals surface area (Å²) in [6.07, 6.45) is 3.34. The van der Waals surface area contributed by atoms with Crippen molar-refractivity contribution in [3.8, 4) is 0 Å². The Morgan fingerprint density at radius 3 is 1.90 bits per heavy atom. The summed E-state index contributed by atoms with van der Waals surface area (Å²) in [4.78, 5) is 82.6. The van der Waals surface area contributed by atoms with Gasteiger partial charge in [-0.2, -0.15) is 0 Å². The monoisotopic (exact) mass is 584 g/mol. The van der Waals surface area contributed by atoms with Crippen LogP contribution in [0.3, 0.4) is 0 Å². The molecule has 0 spiro atoms. The normalized spacial score (nSPS) is 17.9. The van der Waals surface area contributed by atoms with E-state index in [1.807, 2.05) is 6.92 Å². The molecule has 0 bridgehead atoms. The Bertz CT molecular complexity index is 918. The van der Waals surface area contributed by atoms with E-state index in [4.69, 9.17) is 10.2 Å². The Labute approximate surface area is 239 Å². The Kier molecular flexibility index (Phi) is 16.7. The number of nitrogens with one attached hydrogen (secondary N) is 4. The van der Waals surface area contributed by atoms with Crippen LogP contribution in [0, 0.1) is 11.8 Å². The van der Waals surface area contributed by atoms with Gasteiger partial charge in [0, 0.05) is 44.7 Å². The summed E-state index contributed by atoms with van der Waals surface area (Å²) in [7, 11) is 0. The Morgan fingerprint density at radius 1 is 0.707 bits per heavy atom. The molecule has 232 valence electrons. The summed E-state index contributed by atoms with van der Waals surface area (Å²) in [5, 5.41) is 37.5. The number of amides is 4. The van der Waals surface area contributed by atoms with Crippen molar-refractivity contribution in [1.82, 2.24) is 21.3 Å². The lowest BCUT2D eigenvalue weighted by atomic mass is 9.81. The van der Waals surface area contributed by atoms with Crippen molar-refractivity contribution in [2.75, 3.05) is 13.1 Å². The molecule has 2 unspecified atom stereocenters. The highest BCUT2D eigenvalue weighted by Gasteiger charge is 2.30. The second kappa shape index (κ2) is 19.4. The average Bonchev–Trinajstić information content (AvgIpc) is 2.92. The minimum atomic E-state index is -1.31. The number of carboxylic acid groups (broad SMARTS) is 3. The van der Waals surface area contributed by atoms with Gasteiger partial charge in [-0.25, -0.2) is 4.79 Å². The van der Waals surface area contributed by atoms with Crippen molar-refractivity contribution >= 4 is 41.5 Å². The lowest BCUT2D eigenvalue weighted by molar-refractivity contribution is -0.143. The van der Waals surface area contributed by atoms with Crippen LogP contribution in [-0.4, -0.2) is 82.0 Å². The highest BCUT2D eigenvalue weighted by Crippen LogP contribution is 2.28. The molecule has 0 aromatic rings. The first-order chi connectivity index (χ1) is 19.4. The summed E-state index contributed by atoms with van der Waals surface area (Å²) in [6.45, 7) is 2.66. The van der Waals surface area contributed by atoms with E-state index in [9.17, 15) is 38.7 Å². The molecule has 1 aliphatic carbocycles. The summed E-state index contributed by atoms with van der Waals surface area (Å²) >= 11 is 0. The Balaban J connectivity index is 2.47. The molecule has 0 heterocycles. The third-order valence-electron chi connectivity index (χ3n) is 6.97. The molecule has 1 rings (SSSR count). The molecule has 1 aliphatic rings. The molecule has 7 N–H and O–H groups in total. The van der Waals surface area contributed by atoms with Crippen molar-refractivity contribution in [1.29, 1.82) is 0 Å². The number of carbonyl (C=O) groups excluding carboxylic acids is 4. The number of aliphatic carboxylic acids is 3. The minimum absolute atomic E-state index is 0.0300. The maximum absolute atomic E-state index is 12.7. The van der Waals surface area contributed by atoms with Gasteiger partial charge in [0.25, 0.3) is 0 Å². The third kappa shape index (κ3) is 15.6. The van der Waals surface area contributed by atoms with Gasteiger partial charge in [-0.15, -0.1) is 0 Å². The van der Waals surface area contributed by atoms with Crippen LogP contribution in [0.4, 0.5) is 0 Å². The molecular formula is C27H44N4O10. The fourth-order valence-corrected chi connectivity index (χ4v) is 4.53. The van der Waals surface area contributed by atoms with E-state index < -0.39 is 53.6 Å². The van der Waals surface area contributed by atoms with E-state index in [0.717, 1.165) is 0 Å². The number of carboxylic acids is 3. The smallest absolute Gasteiger partial charge is 0.326 e. The zero-order valence-corrected chi connectivity index (χ0v) is 23.6. The zero-order chi connectivity index (χ0) is 30.8. The van der Waals surface area contributed by atoms with E-state index in [-0.39, 0.29) is 50.4 Å². The largest absolute Gasteiger partial charge is 0.481 e. The van der Waals surface area contributed by atoms with Gasteiger partial charge in [-0.05, 0) is 63.7 Å². The molecule has 14 heteroatoms. The maximum atomic E-state index is 12.7. The number of carbonyl (C=O) groups is 7. The summed E-state index contributed by atoms with van der Waals surface area (Å²) in [5.74, 6) is -5.22. The van der Waals surface area contributed by atoms with Crippen molar-refractivity contribution in [3.05, 3.63) is 0 Å². The molecule has 41 heavy (non-hydrogen) atoms. The highest BCUT2D eigenvalue weighted by atomic mass is 16.4. The van der Waals surface area contributed by atoms with Gasteiger partial charge in [0.1, 0.15) is 12.1 Å². The second-order valence-corrected chi connectivity index (χ2v) is 10.4. The van der Waals surface area contributed by atoms with Crippen LogP contribution >= 0.6 is 0 Å². The molecule has 1 saturated carbocycles. The Hall–Kier alpha value is -3.71. The van der Waals surface area contributed by atoms with Crippen molar-refractivity contribution < 1.29 is 48.9 Å². The van der Waals surface area contributed by atoms with Gasteiger partial charge in [-0.3, -0.25) is 28.8 Å². The predicted molar refractivity (Wildman–Crippen MR) is 145 cm³/mol. The maximum Gasteiger partial charge on any atom is 0.326 e. The lowest BCUT2D eigenvalue weighted by Crippen LogP contribution is -2.48. The van der Waals surface area contributed by atoms with Gasteiger partial charge in [0.05, 0.1) is 0 Å². The highest BCUT2D eigenvalue weighted by molar-refractivity contribution is 5.89. The minimum Gasteiger partial charge on any atom is -0.481 e. The molecular weight excluding hydrogens is 540 g/mol. The fraction of sp³-hybridized carbons (Fsp3) is 0.741. The van der Waals surface area contributed by atoms with Gasteiger partial charge >= 0.3 is 17.9 Å². The van der Waals surface area contributed by atoms with Crippen LogP contribution in [0.5, 0.6) is 0 Å². The standard InChI is InChI=1S/C27H44N4O10/c1-2-15-28-26(39)19(12-14-24(36)37)30-22(33)13-11-20(27(40)41)31-25(38)18-9-7-17(8-10-18)16-29-21(32)5-3-4-6-23(34)35/h17-20H,2-16H2,1H3,(H,28,39)(H,29,32)(H,30,33)(H,31,38)(H,34,35)(H,36,37)(H,40,41). The first-order valence-electron chi connectivity index (χ1n) is 14.2. The van der Waals surface area contributed by atoms with Crippen LogP contribution in [0.25, 0.3) is 0 Å². The fourth-order valence-electron chi connectivity index (χ4n) is 4.53. The van der Waals surface area contributed by atoms with Gasteiger partial charge in [-0.1, -0.05) is 6.92 Å². The van der Waals surface area contributed by atoms with Crippen LogP contribution in [0.2, 0.25) is 0 Å². The van der Waals surface area contributed by atoms with E-state index in [1.54, 1.807) is 0 Å². The third-order valence-corrected chi connectivity index (χ3v) is 6.97. The van der Waals surface area contributed by atoms with Crippen molar-refractivity contribution in [2.24, 2.45) is 11.8 Å². The number of hydrogen-bond donors (Lipinski definition) is 7. The van der Waals surface area contributed by atoms with Crippen LogP contribution in [0.15, 0.2) is 0 Å². The number of rotatable bonds is 20. The predicted octanol–water partition coefficient (Wildman–Crippen LogP) is 0.779. The summed E-state index contributed by atoms with van der Waals surface area (Å²) in [5.41, 5.74) is 0. The molecule has 0 aliphatic heterocycles. The number of hydrogen-bond acceptors (Lipinski definition) is 7. The Morgan fingerprint density at radius 2 is 1.32 bits per heavy atom. The van der Waals surface area contributed by atoms with E-state index in [0.29, 0.717) is 58.0 Å². The van der Waals surface area contributed by atoms with E-state index in [2.05, 4.69) is 21.3 Å². The molecule has 0 aromatic carbocycles. The van der Waals surface area contributed by atoms with Gasteiger partial charge < -0.3 is 36.6 Å². The first kappa shape index (κ1) is 35.3. The van der Waals surface area contributed by atoms with Gasteiger partial charge in [0.15, 0.2) is 0 Å². The van der Waals surface area contributed by atoms with Crippen molar-refractivity contribution in [3.63, 3.8) is 0 Å². The van der Waals surface area contributed by atoms with Gasteiger partial charge in [0.2, 0.25) is 23.6 Å². The zero-order valence-electron chi connectivity index (χ0n) is 23.6. The first-order valence-corrected chi connectivity index (χ1v) is 14.2. The quantitative estimate of drug-likeness (QED) is 0.0994. The summed E-state index contributed by atoms with van der Waals surface area (Å²) in [6, 6.07) is -2.38.